The van der Waals surface area contributed by atoms with Crippen LogP contribution in [-0.4, -0.2) is 15.7 Å². The third kappa shape index (κ3) is 3.50. The van der Waals surface area contributed by atoms with E-state index in [4.69, 9.17) is 0 Å². The third-order valence-corrected chi connectivity index (χ3v) is 5.39. The number of fused-ring (bicyclic) bond motifs is 2. The first-order valence-electron chi connectivity index (χ1n) is 9.48. The largest absolute Gasteiger partial charge is 0.349 e. The van der Waals surface area contributed by atoms with Gasteiger partial charge in [-0.15, -0.1) is 0 Å². The maximum atomic E-state index is 12.4. The number of carbonyl (C=O) groups excluding carboxylic acids is 1. The Morgan fingerprint density at radius 1 is 1.23 bits per heavy atom. The summed E-state index contributed by atoms with van der Waals surface area (Å²) in [6.45, 7) is 0. The molecule has 4 nitrogen and oxygen atoms in total. The van der Waals surface area contributed by atoms with Crippen molar-refractivity contribution in [3.8, 4) is 0 Å². The summed E-state index contributed by atoms with van der Waals surface area (Å²) in [7, 11) is 1.98. The van der Waals surface area contributed by atoms with Crippen molar-refractivity contribution < 1.29 is 4.79 Å². The van der Waals surface area contributed by atoms with Crippen LogP contribution in [-0.2, 0) is 24.7 Å². The molecule has 3 aromatic rings. The lowest BCUT2D eigenvalue weighted by Crippen LogP contribution is -2.30. The molecule has 0 unspecified atom stereocenters. The topological polar surface area (TPSA) is 46.9 Å². The number of benzene rings is 2. The quantitative estimate of drug-likeness (QED) is 0.756. The Labute approximate surface area is 154 Å². The van der Waals surface area contributed by atoms with E-state index in [1.54, 1.807) is 0 Å². The average molecular weight is 347 g/mol. The highest BCUT2D eigenvalue weighted by atomic mass is 16.1. The molecule has 0 fully saturated rings. The molecule has 26 heavy (non-hydrogen) atoms. The van der Waals surface area contributed by atoms with E-state index in [1.165, 1.54) is 27.6 Å². The number of hydrogen-bond acceptors (Lipinski definition) is 2. The highest BCUT2D eigenvalue weighted by molar-refractivity contribution is 5.83. The number of nitrogens with one attached hydrogen (secondary N) is 1. The summed E-state index contributed by atoms with van der Waals surface area (Å²) < 4.78 is 1.94. The summed E-state index contributed by atoms with van der Waals surface area (Å²) in [5, 5.41) is 10.1. The van der Waals surface area contributed by atoms with Crippen LogP contribution in [0.15, 0.2) is 48.7 Å². The Morgan fingerprint density at radius 2 is 2.08 bits per heavy atom. The Morgan fingerprint density at radius 3 is 2.96 bits per heavy atom. The number of rotatable bonds is 5. The van der Waals surface area contributed by atoms with Crippen molar-refractivity contribution in [2.45, 2.75) is 44.6 Å². The van der Waals surface area contributed by atoms with Crippen molar-refractivity contribution >= 4 is 16.7 Å². The zero-order valence-electron chi connectivity index (χ0n) is 15.2. The highest BCUT2D eigenvalue weighted by Crippen LogP contribution is 2.29. The summed E-state index contributed by atoms with van der Waals surface area (Å²) >= 11 is 0. The van der Waals surface area contributed by atoms with E-state index in [2.05, 4.69) is 52.9 Å². The van der Waals surface area contributed by atoms with Gasteiger partial charge in [-0.1, -0.05) is 42.5 Å². The normalized spacial score (nSPS) is 16.4. The van der Waals surface area contributed by atoms with Crippen molar-refractivity contribution in [2.75, 3.05) is 0 Å². The molecule has 1 aliphatic rings. The average Bonchev–Trinajstić information content (AvgIpc) is 3.04. The maximum Gasteiger partial charge on any atom is 0.220 e. The van der Waals surface area contributed by atoms with Crippen LogP contribution < -0.4 is 5.32 Å². The van der Waals surface area contributed by atoms with E-state index in [-0.39, 0.29) is 11.9 Å². The fraction of sp³-hybridized carbons (Fsp3) is 0.364. The molecule has 0 bridgehead atoms. The number of hydrogen-bond donors (Lipinski definition) is 1. The maximum absolute atomic E-state index is 12.4. The lowest BCUT2D eigenvalue weighted by atomic mass is 9.93. The number of aryl methyl sites for hydroxylation is 2. The molecule has 0 aliphatic heterocycles. The highest BCUT2D eigenvalue weighted by Gasteiger charge is 2.24. The molecule has 0 radical (unpaired) electrons. The summed E-state index contributed by atoms with van der Waals surface area (Å²) in [6, 6.07) is 15.1. The molecule has 4 heteroatoms. The van der Waals surface area contributed by atoms with Crippen LogP contribution in [0.4, 0.5) is 0 Å². The minimum Gasteiger partial charge on any atom is -0.349 e. The Balaban J connectivity index is 1.31. The standard InChI is InChI=1S/C22H25N3O/c1-25-21-10-5-9-20(19(21)15-23-25)24-22(26)11-4-6-16-12-13-17-7-2-3-8-18(17)14-16/h2-3,7-8,12-15,20H,4-6,9-11H2,1H3,(H,24,26)/t20-/m1/s1. The van der Waals surface area contributed by atoms with Gasteiger partial charge >= 0.3 is 0 Å². The fourth-order valence-corrected chi connectivity index (χ4v) is 3.97. The van der Waals surface area contributed by atoms with Crippen molar-refractivity contribution in [1.29, 1.82) is 0 Å². The summed E-state index contributed by atoms with van der Waals surface area (Å²) in [5.74, 6) is 0.146. The van der Waals surface area contributed by atoms with Gasteiger partial charge in [-0.2, -0.15) is 5.10 Å². The third-order valence-electron chi connectivity index (χ3n) is 5.39. The van der Waals surface area contributed by atoms with E-state index < -0.39 is 0 Å². The number of aromatic nitrogens is 2. The van der Waals surface area contributed by atoms with Gasteiger partial charge in [0.1, 0.15) is 0 Å². The number of nitrogens with zero attached hydrogens (tertiary/aromatic N) is 2. The predicted molar refractivity (Wildman–Crippen MR) is 104 cm³/mol. The second-order valence-corrected chi connectivity index (χ2v) is 7.22. The fourth-order valence-electron chi connectivity index (χ4n) is 3.97. The Bertz CT molecular complexity index is 928. The van der Waals surface area contributed by atoms with E-state index >= 15 is 0 Å². The van der Waals surface area contributed by atoms with Gasteiger partial charge in [0.25, 0.3) is 0 Å². The van der Waals surface area contributed by atoms with Gasteiger partial charge in [0.2, 0.25) is 5.91 Å². The van der Waals surface area contributed by atoms with Gasteiger partial charge in [-0.25, -0.2) is 0 Å². The predicted octanol–water partition coefficient (Wildman–Crippen LogP) is 4.09. The van der Waals surface area contributed by atoms with Crippen LogP contribution >= 0.6 is 0 Å². The first-order valence-corrected chi connectivity index (χ1v) is 9.48. The lowest BCUT2D eigenvalue weighted by Gasteiger charge is -2.23. The SMILES string of the molecule is Cn1ncc2c1CCC[C@H]2NC(=O)CCCc1ccc2ccccc2c1. The molecule has 1 heterocycles. The van der Waals surface area contributed by atoms with Crippen molar-refractivity contribution in [3.63, 3.8) is 0 Å². The molecule has 1 aromatic heterocycles. The van der Waals surface area contributed by atoms with E-state index in [9.17, 15) is 4.79 Å². The number of carbonyl (C=O) groups is 1. The van der Waals surface area contributed by atoms with Crippen LogP contribution in [0.3, 0.4) is 0 Å². The molecular weight excluding hydrogens is 322 g/mol. The van der Waals surface area contributed by atoms with E-state index in [0.29, 0.717) is 6.42 Å². The number of amides is 1. The second kappa shape index (κ2) is 7.32. The van der Waals surface area contributed by atoms with Gasteiger partial charge < -0.3 is 5.32 Å². The molecule has 1 N–H and O–H groups in total. The smallest absolute Gasteiger partial charge is 0.220 e. The molecule has 0 spiro atoms. The molecular formula is C22H25N3O. The lowest BCUT2D eigenvalue weighted by molar-refractivity contribution is -0.122. The van der Waals surface area contributed by atoms with Gasteiger partial charge in [0.15, 0.2) is 0 Å². The second-order valence-electron chi connectivity index (χ2n) is 7.22. The van der Waals surface area contributed by atoms with Crippen LogP contribution in [0, 0.1) is 0 Å². The first kappa shape index (κ1) is 16.8. The molecule has 1 atom stereocenters. The molecule has 1 amide bonds. The molecule has 0 saturated heterocycles. The van der Waals surface area contributed by atoms with Crippen LogP contribution in [0.1, 0.15) is 48.5 Å². The van der Waals surface area contributed by atoms with Gasteiger partial charge in [0, 0.05) is 24.7 Å². The first-order chi connectivity index (χ1) is 12.7. The monoisotopic (exact) mass is 347 g/mol. The summed E-state index contributed by atoms with van der Waals surface area (Å²) in [6.07, 6.45) is 7.45. The van der Waals surface area contributed by atoms with Gasteiger partial charge in [-0.05, 0) is 48.4 Å². The van der Waals surface area contributed by atoms with Crippen molar-refractivity contribution in [2.24, 2.45) is 7.05 Å². The summed E-state index contributed by atoms with van der Waals surface area (Å²) in [5.41, 5.74) is 3.75. The van der Waals surface area contributed by atoms with Gasteiger partial charge in [0.05, 0.1) is 12.2 Å². The molecule has 1 aliphatic carbocycles. The summed E-state index contributed by atoms with van der Waals surface area (Å²) in [4.78, 5) is 12.4. The van der Waals surface area contributed by atoms with Crippen LogP contribution in [0.25, 0.3) is 10.8 Å². The zero-order valence-corrected chi connectivity index (χ0v) is 15.2. The minimum absolute atomic E-state index is 0.126. The molecule has 2 aromatic carbocycles. The van der Waals surface area contributed by atoms with Crippen molar-refractivity contribution in [3.05, 3.63) is 65.5 Å². The van der Waals surface area contributed by atoms with E-state index in [0.717, 1.165) is 32.1 Å². The molecule has 0 saturated carbocycles. The molecule has 134 valence electrons. The van der Waals surface area contributed by atoms with Gasteiger partial charge in [-0.3, -0.25) is 9.48 Å². The Hall–Kier alpha value is -2.62. The van der Waals surface area contributed by atoms with E-state index in [1.807, 2.05) is 17.9 Å². The zero-order chi connectivity index (χ0) is 17.9. The molecule has 4 rings (SSSR count). The van der Waals surface area contributed by atoms with Crippen LogP contribution in [0.2, 0.25) is 0 Å². The van der Waals surface area contributed by atoms with Crippen molar-refractivity contribution in [1.82, 2.24) is 15.1 Å². The van der Waals surface area contributed by atoms with Crippen LogP contribution in [0.5, 0.6) is 0 Å². The Kier molecular flexibility index (Phi) is 4.74. The minimum atomic E-state index is 0.126.